The number of hydrogen-bond acceptors (Lipinski definition) is 1. The molecule has 1 aromatic rings. The lowest BCUT2D eigenvalue weighted by Gasteiger charge is -2.14. The Hall–Kier alpha value is -0.820. The maximum Gasteiger partial charge on any atom is 0.0291 e. The Kier molecular flexibility index (Phi) is 4.83. The number of rotatable bonds is 5. The fourth-order valence-corrected chi connectivity index (χ4v) is 1.77. The van der Waals surface area contributed by atoms with E-state index in [-0.39, 0.29) is 0 Å². The molecule has 1 nitrogen and oxygen atoms in total. The predicted octanol–water partition coefficient (Wildman–Crippen LogP) is 3.87. The van der Waals surface area contributed by atoms with E-state index < -0.39 is 0 Å². The molecule has 0 spiro atoms. The van der Waals surface area contributed by atoms with Crippen LogP contribution in [-0.4, -0.2) is 6.54 Å². The average molecular weight is 205 g/mol. The quantitative estimate of drug-likeness (QED) is 0.769. The van der Waals surface area contributed by atoms with Crippen molar-refractivity contribution in [1.29, 1.82) is 0 Å². The zero-order valence-electron chi connectivity index (χ0n) is 10.4. The third-order valence-electron chi connectivity index (χ3n) is 3.13. The number of benzene rings is 1. The van der Waals surface area contributed by atoms with Crippen LogP contribution in [0.25, 0.3) is 0 Å². The lowest BCUT2D eigenvalue weighted by atomic mass is 9.96. The lowest BCUT2D eigenvalue weighted by molar-refractivity contribution is 0.597. The molecule has 0 aliphatic heterocycles. The highest BCUT2D eigenvalue weighted by Gasteiger charge is 2.05. The topological polar surface area (TPSA) is 12.0 Å². The summed E-state index contributed by atoms with van der Waals surface area (Å²) in [6.45, 7) is 9.89. The minimum absolute atomic E-state index is 0.459. The van der Waals surface area contributed by atoms with Gasteiger partial charge in [-0.2, -0.15) is 0 Å². The van der Waals surface area contributed by atoms with E-state index in [9.17, 15) is 0 Å². The predicted molar refractivity (Wildman–Crippen MR) is 67.2 cm³/mol. The highest BCUT2D eigenvalue weighted by molar-refractivity contribution is 5.26. The van der Waals surface area contributed by atoms with Crippen LogP contribution in [0.15, 0.2) is 24.3 Å². The maximum absolute atomic E-state index is 3.42. The summed E-state index contributed by atoms with van der Waals surface area (Å²) < 4.78 is 0. The van der Waals surface area contributed by atoms with E-state index in [0.29, 0.717) is 12.0 Å². The van der Waals surface area contributed by atoms with E-state index in [0.717, 1.165) is 6.54 Å². The van der Waals surface area contributed by atoms with Crippen LogP contribution in [0.1, 0.15) is 57.2 Å². The summed E-state index contributed by atoms with van der Waals surface area (Å²) >= 11 is 0. The van der Waals surface area contributed by atoms with E-state index in [4.69, 9.17) is 0 Å². The van der Waals surface area contributed by atoms with E-state index in [1.165, 1.54) is 17.5 Å². The number of nitrogens with one attached hydrogen (secondary N) is 1. The summed E-state index contributed by atoms with van der Waals surface area (Å²) in [4.78, 5) is 0. The van der Waals surface area contributed by atoms with Crippen molar-refractivity contribution in [1.82, 2.24) is 5.32 Å². The van der Waals surface area contributed by atoms with E-state index in [1.54, 1.807) is 0 Å². The van der Waals surface area contributed by atoms with Crippen LogP contribution >= 0.6 is 0 Å². The smallest absolute Gasteiger partial charge is 0.0291 e. The van der Waals surface area contributed by atoms with Gasteiger partial charge in [0.2, 0.25) is 0 Å². The van der Waals surface area contributed by atoms with Crippen molar-refractivity contribution < 1.29 is 0 Å². The van der Waals surface area contributed by atoms with Gasteiger partial charge in [-0.05, 0) is 36.9 Å². The summed E-state index contributed by atoms with van der Waals surface area (Å²) in [6, 6.07) is 9.47. The van der Waals surface area contributed by atoms with Crippen LogP contribution in [0.3, 0.4) is 0 Å². The molecule has 1 heteroatoms. The molecule has 2 unspecified atom stereocenters. The van der Waals surface area contributed by atoms with Gasteiger partial charge < -0.3 is 5.32 Å². The summed E-state index contributed by atoms with van der Waals surface area (Å²) in [5, 5.41) is 3.42. The highest BCUT2D eigenvalue weighted by atomic mass is 14.9. The summed E-state index contributed by atoms with van der Waals surface area (Å²) in [7, 11) is 0. The van der Waals surface area contributed by atoms with Gasteiger partial charge in [0.15, 0.2) is 0 Å². The molecule has 0 saturated heterocycles. The molecule has 1 aromatic carbocycles. The standard InChI is InChI=1S/C14H23N/c1-5-11(3)13-7-9-14(10-8-13)12(4)15-6-2/h7-12,15H,5-6H2,1-4H3. The Morgan fingerprint density at radius 1 is 1.00 bits per heavy atom. The molecule has 0 aromatic heterocycles. The molecular weight excluding hydrogens is 182 g/mol. The van der Waals surface area contributed by atoms with Crippen molar-refractivity contribution in [3.63, 3.8) is 0 Å². The Balaban J connectivity index is 2.71. The molecule has 0 aliphatic carbocycles. The monoisotopic (exact) mass is 205 g/mol. The highest BCUT2D eigenvalue weighted by Crippen LogP contribution is 2.20. The Morgan fingerprint density at radius 2 is 1.53 bits per heavy atom. The molecule has 1 N–H and O–H groups in total. The fourth-order valence-electron chi connectivity index (χ4n) is 1.77. The van der Waals surface area contributed by atoms with Crippen molar-refractivity contribution in [2.24, 2.45) is 0 Å². The molecular formula is C14H23N. The average Bonchev–Trinajstić information content (AvgIpc) is 2.28. The van der Waals surface area contributed by atoms with Gasteiger partial charge in [-0.15, -0.1) is 0 Å². The Labute approximate surface area is 93.9 Å². The minimum Gasteiger partial charge on any atom is -0.310 e. The van der Waals surface area contributed by atoms with Gasteiger partial charge in [-0.1, -0.05) is 45.0 Å². The molecule has 15 heavy (non-hydrogen) atoms. The van der Waals surface area contributed by atoms with Crippen molar-refractivity contribution in [3.05, 3.63) is 35.4 Å². The lowest BCUT2D eigenvalue weighted by Crippen LogP contribution is -2.17. The molecule has 0 fully saturated rings. The van der Waals surface area contributed by atoms with Gasteiger partial charge in [-0.25, -0.2) is 0 Å². The third-order valence-corrected chi connectivity index (χ3v) is 3.13. The van der Waals surface area contributed by atoms with Crippen LogP contribution in [0, 0.1) is 0 Å². The van der Waals surface area contributed by atoms with Crippen molar-refractivity contribution >= 4 is 0 Å². The first-order chi connectivity index (χ1) is 7.19. The van der Waals surface area contributed by atoms with Crippen LogP contribution in [0.5, 0.6) is 0 Å². The molecule has 0 heterocycles. The van der Waals surface area contributed by atoms with E-state index in [2.05, 4.69) is 57.3 Å². The Bertz CT molecular complexity index is 276. The summed E-state index contributed by atoms with van der Waals surface area (Å²) in [5.74, 6) is 0.675. The van der Waals surface area contributed by atoms with Crippen LogP contribution in [0.2, 0.25) is 0 Å². The first-order valence-corrected chi connectivity index (χ1v) is 6.02. The normalized spacial score (nSPS) is 14.9. The van der Waals surface area contributed by atoms with Crippen LogP contribution in [-0.2, 0) is 0 Å². The van der Waals surface area contributed by atoms with Gasteiger partial charge >= 0.3 is 0 Å². The van der Waals surface area contributed by atoms with Gasteiger partial charge in [0, 0.05) is 6.04 Å². The van der Waals surface area contributed by atoms with Crippen LogP contribution < -0.4 is 5.32 Å². The molecule has 0 amide bonds. The maximum atomic E-state index is 3.42. The molecule has 0 saturated carbocycles. The molecule has 2 atom stereocenters. The minimum atomic E-state index is 0.459. The zero-order chi connectivity index (χ0) is 11.3. The second kappa shape index (κ2) is 5.92. The third kappa shape index (κ3) is 3.35. The van der Waals surface area contributed by atoms with Gasteiger partial charge in [0.25, 0.3) is 0 Å². The largest absolute Gasteiger partial charge is 0.310 e. The second-order valence-electron chi connectivity index (χ2n) is 4.26. The molecule has 84 valence electrons. The zero-order valence-corrected chi connectivity index (χ0v) is 10.4. The van der Waals surface area contributed by atoms with Crippen LogP contribution in [0.4, 0.5) is 0 Å². The van der Waals surface area contributed by atoms with Crippen molar-refractivity contribution in [2.75, 3.05) is 6.54 Å². The fraction of sp³-hybridized carbons (Fsp3) is 0.571. The molecule has 0 radical (unpaired) electrons. The van der Waals surface area contributed by atoms with Gasteiger partial charge in [0.05, 0.1) is 0 Å². The molecule has 0 aliphatic rings. The SMILES string of the molecule is CCNC(C)c1ccc(C(C)CC)cc1. The van der Waals surface area contributed by atoms with E-state index >= 15 is 0 Å². The van der Waals surface area contributed by atoms with Gasteiger partial charge in [-0.3, -0.25) is 0 Å². The van der Waals surface area contributed by atoms with Gasteiger partial charge in [0.1, 0.15) is 0 Å². The summed E-state index contributed by atoms with van der Waals surface area (Å²) in [6.07, 6.45) is 1.21. The van der Waals surface area contributed by atoms with Crippen molar-refractivity contribution in [3.8, 4) is 0 Å². The molecule has 0 bridgehead atoms. The van der Waals surface area contributed by atoms with E-state index in [1.807, 2.05) is 0 Å². The number of hydrogen-bond donors (Lipinski definition) is 1. The van der Waals surface area contributed by atoms with Crippen molar-refractivity contribution in [2.45, 2.75) is 46.1 Å². The summed E-state index contributed by atoms with van der Waals surface area (Å²) in [5.41, 5.74) is 2.83. The first-order valence-electron chi connectivity index (χ1n) is 6.02. The second-order valence-corrected chi connectivity index (χ2v) is 4.26. The Morgan fingerprint density at radius 3 is 2.00 bits per heavy atom. The first kappa shape index (κ1) is 12.3. The molecule has 1 rings (SSSR count).